The number of nitrogens with one attached hydrogen (secondary N) is 2. The van der Waals surface area contributed by atoms with Crippen molar-refractivity contribution in [2.24, 2.45) is 0 Å². The van der Waals surface area contributed by atoms with Crippen molar-refractivity contribution in [2.45, 2.75) is 39.2 Å². The fraction of sp³-hybridized carbons (Fsp3) is 0.389. The quantitative estimate of drug-likeness (QED) is 0.891. The predicted molar refractivity (Wildman–Crippen MR) is 90.6 cm³/mol. The molecule has 7 heteroatoms. The van der Waals surface area contributed by atoms with Crippen LogP contribution in [0.4, 0.5) is 14.6 Å². The molecule has 0 saturated carbocycles. The van der Waals surface area contributed by atoms with Gasteiger partial charge < -0.3 is 10.6 Å². The molecule has 1 atom stereocenters. The van der Waals surface area contributed by atoms with Crippen molar-refractivity contribution in [3.8, 4) is 0 Å². The van der Waals surface area contributed by atoms with Crippen molar-refractivity contribution in [3.05, 3.63) is 52.5 Å². The molecule has 1 amide bonds. The Hall–Kier alpha value is -2.57. The van der Waals surface area contributed by atoms with E-state index in [1.54, 1.807) is 6.92 Å². The largest absolute Gasteiger partial charge is 0.363 e. The summed E-state index contributed by atoms with van der Waals surface area (Å²) in [6, 6.07) is 3.05. The van der Waals surface area contributed by atoms with Gasteiger partial charge in [-0.25, -0.2) is 18.7 Å². The van der Waals surface area contributed by atoms with Crippen LogP contribution in [0.3, 0.4) is 0 Å². The third-order valence-electron chi connectivity index (χ3n) is 4.20. The second-order valence-corrected chi connectivity index (χ2v) is 6.45. The van der Waals surface area contributed by atoms with E-state index in [0.29, 0.717) is 35.9 Å². The van der Waals surface area contributed by atoms with Crippen molar-refractivity contribution in [1.29, 1.82) is 0 Å². The van der Waals surface area contributed by atoms with Crippen LogP contribution < -0.4 is 10.6 Å². The number of carbonyl (C=O) groups is 1. The van der Waals surface area contributed by atoms with Gasteiger partial charge >= 0.3 is 0 Å². The minimum Gasteiger partial charge on any atom is -0.363 e. The molecule has 1 unspecified atom stereocenters. The Bertz CT molecular complexity index is 823. The molecule has 0 saturated heterocycles. The van der Waals surface area contributed by atoms with Gasteiger partial charge in [0.05, 0.1) is 6.04 Å². The lowest BCUT2D eigenvalue weighted by atomic mass is 10.0. The zero-order chi connectivity index (χ0) is 18.1. The fourth-order valence-corrected chi connectivity index (χ4v) is 2.82. The Morgan fingerprint density at radius 1 is 1.20 bits per heavy atom. The van der Waals surface area contributed by atoms with Crippen molar-refractivity contribution < 1.29 is 13.6 Å². The summed E-state index contributed by atoms with van der Waals surface area (Å²) in [5, 5.41) is 5.94. The van der Waals surface area contributed by atoms with E-state index in [4.69, 9.17) is 0 Å². The van der Waals surface area contributed by atoms with E-state index >= 15 is 0 Å². The lowest BCUT2D eigenvalue weighted by molar-refractivity contribution is 0.0940. The van der Waals surface area contributed by atoms with Gasteiger partial charge in [-0.2, -0.15) is 0 Å². The number of rotatable bonds is 4. The van der Waals surface area contributed by atoms with Gasteiger partial charge in [0, 0.05) is 29.7 Å². The summed E-state index contributed by atoms with van der Waals surface area (Å²) in [7, 11) is 0. The summed E-state index contributed by atoms with van der Waals surface area (Å²) >= 11 is 0. The standard InChI is InChI=1S/C18H20F2N4O/c1-9(2)16-23-15-13(6-7-21-18(15)25)17(24-16)22-10(3)12-5-4-11(19)8-14(12)20/h4-5,8-10H,6-7H2,1-3H3,(H,21,25)(H,22,23,24). The maximum absolute atomic E-state index is 14.0. The van der Waals surface area contributed by atoms with Crippen LogP contribution in [-0.2, 0) is 6.42 Å². The first-order chi connectivity index (χ1) is 11.9. The molecule has 2 N–H and O–H groups in total. The first-order valence-electron chi connectivity index (χ1n) is 8.27. The van der Waals surface area contributed by atoms with Crippen molar-refractivity contribution in [2.75, 3.05) is 11.9 Å². The summed E-state index contributed by atoms with van der Waals surface area (Å²) in [4.78, 5) is 21.0. The van der Waals surface area contributed by atoms with Gasteiger partial charge in [0.1, 0.15) is 29.0 Å². The third-order valence-corrected chi connectivity index (χ3v) is 4.20. The van der Waals surface area contributed by atoms with Crippen LogP contribution >= 0.6 is 0 Å². The topological polar surface area (TPSA) is 66.9 Å². The molecule has 0 fully saturated rings. The lowest BCUT2D eigenvalue weighted by Gasteiger charge is -2.23. The summed E-state index contributed by atoms with van der Waals surface area (Å²) in [5.41, 5.74) is 1.42. The van der Waals surface area contributed by atoms with Gasteiger partial charge in [0.15, 0.2) is 0 Å². The Morgan fingerprint density at radius 2 is 1.96 bits per heavy atom. The van der Waals surface area contributed by atoms with E-state index < -0.39 is 17.7 Å². The van der Waals surface area contributed by atoms with Gasteiger partial charge in [-0.05, 0) is 19.4 Å². The number of benzene rings is 1. The fourth-order valence-electron chi connectivity index (χ4n) is 2.82. The molecule has 2 aromatic rings. The second kappa shape index (κ2) is 6.74. The third kappa shape index (κ3) is 3.45. The summed E-state index contributed by atoms with van der Waals surface area (Å²) in [6.45, 7) is 6.15. The first-order valence-corrected chi connectivity index (χ1v) is 8.27. The number of halogens is 2. The van der Waals surface area contributed by atoms with Gasteiger partial charge in [0.2, 0.25) is 0 Å². The number of hydrogen-bond acceptors (Lipinski definition) is 4. The van der Waals surface area contributed by atoms with Crippen LogP contribution in [-0.4, -0.2) is 22.4 Å². The predicted octanol–water partition coefficient (Wildman–Crippen LogP) is 3.34. The first kappa shape index (κ1) is 17.3. The smallest absolute Gasteiger partial charge is 0.270 e. The Kier molecular flexibility index (Phi) is 4.65. The highest BCUT2D eigenvalue weighted by atomic mass is 19.1. The summed E-state index contributed by atoms with van der Waals surface area (Å²) in [6.07, 6.45) is 0.598. The minimum absolute atomic E-state index is 0.0402. The highest BCUT2D eigenvalue weighted by Crippen LogP contribution is 2.27. The van der Waals surface area contributed by atoms with E-state index in [-0.39, 0.29) is 11.8 Å². The van der Waals surface area contributed by atoms with Crippen LogP contribution in [0.1, 0.15) is 60.2 Å². The summed E-state index contributed by atoms with van der Waals surface area (Å²) < 4.78 is 27.2. The maximum atomic E-state index is 14.0. The Morgan fingerprint density at radius 3 is 2.64 bits per heavy atom. The average Bonchev–Trinajstić information content (AvgIpc) is 2.55. The highest BCUT2D eigenvalue weighted by molar-refractivity contribution is 5.96. The monoisotopic (exact) mass is 346 g/mol. The number of amides is 1. The highest BCUT2D eigenvalue weighted by Gasteiger charge is 2.25. The van der Waals surface area contributed by atoms with Gasteiger partial charge in [-0.1, -0.05) is 19.9 Å². The molecule has 0 spiro atoms. The molecular formula is C18H20F2N4O. The van der Waals surface area contributed by atoms with Gasteiger partial charge in [-0.3, -0.25) is 4.79 Å². The number of fused-ring (bicyclic) bond motifs is 1. The van der Waals surface area contributed by atoms with Gasteiger partial charge in [0.25, 0.3) is 5.91 Å². The van der Waals surface area contributed by atoms with Gasteiger partial charge in [-0.15, -0.1) is 0 Å². The number of hydrogen-bond donors (Lipinski definition) is 2. The molecule has 3 rings (SSSR count). The summed E-state index contributed by atoms with van der Waals surface area (Å²) in [5.74, 6) is -0.353. The Labute approximate surface area is 144 Å². The molecule has 5 nitrogen and oxygen atoms in total. The van der Waals surface area contributed by atoms with E-state index in [0.717, 1.165) is 11.6 Å². The molecule has 1 aromatic carbocycles. The molecule has 0 bridgehead atoms. The van der Waals surface area contributed by atoms with E-state index in [2.05, 4.69) is 20.6 Å². The molecule has 1 aliphatic rings. The molecular weight excluding hydrogens is 326 g/mol. The van der Waals surface area contributed by atoms with Crippen molar-refractivity contribution >= 4 is 11.7 Å². The van der Waals surface area contributed by atoms with Crippen LogP contribution in [0.2, 0.25) is 0 Å². The SMILES string of the molecule is CC(C)c1nc(NC(C)c2ccc(F)cc2F)c2c(n1)C(=O)NCC2. The van der Waals surface area contributed by atoms with Crippen LogP contribution in [0, 0.1) is 11.6 Å². The number of nitrogens with zero attached hydrogens (tertiary/aromatic N) is 2. The van der Waals surface area contributed by atoms with Crippen molar-refractivity contribution in [1.82, 2.24) is 15.3 Å². The molecule has 132 valence electrons. The number of carbonyl (C=O) groups excluding carboxylic acids is 1. The van der Waals surface area contributed by atoms with E-state index in [1.807, 2.05) is 13.8 Å². The number of anilines is 1. The minimum atomic E-state index is -0.621. The molecule has 0 aliphatic carbocycles. The molecule has 2 heterocycles. The molecule has 25 heavy (non-hydrogen) atoms. The Balaban J connectivity index is 1.99. The van der Waals surface area contributed by atoms with Crippen LogP contribution in [0.15, 0.2) is 18.2 Å². The van der Waals surface area contributed by atoms with Crippen molar-refractivity contribution in [3.63, 3.8) is 0 Å². The zero-order valence-corrected chi connectivity index (χ0v) is 14.4. The van der Waals surface area contributed by atoms with E-state index in [9.17, 15) is 13.6 Å². The van der Waals surface area contributed by atoms with Crippen LogP contribution in [0.25, 0.3) is 0 Å². The molecule has 1 aromatic heterocycles. The average molecular weight is 346 g/mol. The lowest BCUT2D eigenvalue weighted by Crippen LogP contribution is -2.34. The van der Waals surface area contributed by atoms with Crippen LogP contribution in [0.5, 0.6) is 0 Å². The second-order valence-electron chi connectivity index (χ2n) is 6.45. The molecule has 1 aliphatic heterocycles. The maximum Gasteiger partial charge on any atom is 0.270 e. The normalized spacial score (nSPS) is 14.9. The zero-order valence-electron chi connectivity index (χ0n) is 14.4. The number of aromatic nitrogens is 2. The molecule has 0 radical (unpaired) electrons. The van der Waals surface area contributed by atoms with E-state index in [1.165, 1.54) is 12.1 Å².